The first-order chi connectivity index (χ1) is 9.37. The number of nitrogens with zero attached hydrogens (tertiary/aromatic N) is 1. The van der Waals surface area contributed by atoms with Crippen LogP contribution < -0.4 is 4.90 Å². The van der Waals surface area contributed by atoms with Crippen LogP contribution in [0.25, 0.3) is 0 Å². The lowest BCUT2D eigenvalue weighted by atomic mass is 10.1. The highest BCUT2D eigenvalue weighted by molar-refractivity contribution is 6.52. The molecule has 0 bridgehead atoms. The van der Waals surface area contributed by atoms with Crippen LogP contribution >= 0.6 is 11.6 Å². The van der Waals surface area contributed by atoms with Crippen molar-refractivity contribution in [1.82, 2.24) is 0 Å². The Balaban J connectivity index is 1.86. The zero-order chi connectivity index (χ0) is 14.5. The standard InChI is InChI=1S/C15H16ClNO3/c1-15(2)6-5-10(20-15)8-17-12-7-9(16)3-4-11(12)13(18)14(17)19/h3-4,7,10H,5-6,8H2,1-2H3. The van der Waals surface area contributed by atoms with Crippen LogP contribution in [-0.2, 0) is 9.53 Å². The Morgan fingerprint density at radius 2 is 2.15 bits per heavy atom. The van der Waals surface area contributed by atoms with E-state index in [0.29, 0.717) is 22.8 Å². The molecule has 2 heterocycles. The molecular formula is C15H16ClNO3. The maximum absolute atomic E-state index is 12.1. The molecular weight excluding hydrogens is 278 g/mol. The highest BCUT2D eigenvalue weighted by Crippen LogP contribution is 2.35. The van der Waals surface area contributed by atoms with Crippen molar-refractivity contribution in [3.63, 3.8) is 0 Å². The normalized spacial score (nSPS) is 24.4. The molecule has 2 aliphatic heterocycles. The summed E-state index contributed by atoms with van der Waals surface area (Å²) in [5.74, 6) is -0.954. The SMILES string of the molecule is CC1(C)CCC(CN2C(=O)C(=O)c3ccc(Cl)cc32)O1. The predicted molar refractivity (Wildman–Crippen MR) is 76.3 cm³/mol. The summed E-state index contributed by atoms with van der Waals surface area (Å²) < 4.78 is 5.90. The molecule has 0 aromatic heterocycles. The predicted octanol–water partition coefficient (Wildman–Crippen LogP) is 2.83. The maximum atomic E-state index is 12.1. The lowest BCUT2D eigenvalue weighted by molar-refractivity contribution is -0.114. The molecule has 5 heteroatoms. The molecule has 1 aromatic carbocycles. The Labute approximate surface area is 122 Å². The van der Waals surface area contributed by atoms with Crippen molar-refractivity contribution in [3.8, 4) is 0 Å². The van der Waals surface area contributed by atoms with Crippen molar-refractivity contribution in [2.75, 3.05) is 11.4 Å². The Morgan fingerprint density at radius 3 is 2.80 bits per heavy atom. The quantitative estimate of drug-likeness (QED) is 0.788. The van der Waals surface area contributed by atoms with Crippen molar-refractivity contribution in [2.24, 2.45) is 0 Å². The molecule has 0 saturated carbocycles. The molecule has 0 spiro atoms. The van der Waals surface area contributed by atoms with Gasteiger partial charge in [-0.1, -0.05) is 11.6 Å². The van der Waals surface area contributed by atoms with E-state index in [1.807, 2.05) is 13.8 Å². The molecule has 0 N–H and O–H groups in total. The van der Waals surface area contributed by atoms with E-state index in [9.17, 15) is 9.59 Å². The summed E-state index contributed by atoms with van der Waals surface area (Å²) in [7, 11) is 0. The van der Waals surface area contributed by atoms with Crippen LogP contribution in [0.15, 0.2) is 18.2 Å². The molecule has 20 heavy (non-hydrogen) atoms. The topological polar surface area (TPSA) is 46.6 Å². The molecule has 4 nitrogen and oxygen atoms in total. The summed E-state index contributed by atoms with van der Waals surface area (Å²) in [5, 5.41) is 0.518. The van der Waals surface area contributed by atoms with E-state index in [4.69, 9.17) is 16.3 Å². The summed E-state index contributed by atoms with van der Waals surface area (Å²) in [4.78, 5) is 25.5. The Morgan fingerprint density at radius 1 is 1.40 bits per heavy atom. The van der Waals surface area contributed by atoms with E-state index < -0.39 is 11.7 Å². The minimum Gasteiger partial charge on any atom is -0.370 e. The number of Topliss-reactive ketones (excluding diaryl/α,β-unsaturated/α-hetero) is 1. The van der Waals surface area contributed by atoms with Gasteiger partial charge in [-0.2, -0.15) is 0 Å². The average Bonchev–Trinajstić information content (AvgIpc) is 2.83. The minimum atomic E-state index is -0.490. The first kappa shape index (κ1) is 13.6. The molecule has 0 aliphatic carbocycles. The van der Waals surface area contributed by atoms with E-state index in [-0.39, 0.29) is 11.7 Å². The number of fused-ring (bicyclic) bond motifs is 1. The zero-order valence-corrected chi connectivity index (χ0v) is 12.2. The molecule has 1 saturated heterocycles. The Bertz CT molecular complexity index is 597. The number of anilines is 1. The molecule has 3 rings (SSSR count). The molecule has 106 valence electrons. The van der Waals surface area contributed by atoms with Crippen LogP contribution in [0, 0.1) is 0 Å². The number of benzene rings is 1. The number of carbonyl (C=O) groups excluding carboxylic acids is 2. The summed E-state index contributed by atoms with van der Waals surface area (Å²) in [5.41, 5.74) is 0.867. The molecule has 1 atom stereocenters. The highest BCUT2D eigenvalue weighted by atomic mass is 35.5. The van der Waals surface area contributed by atoms with Gasteiger partial charge in [0.25, 0.3) is 11.7 Å². The fourth-order valence-corrected chi connectivity index (χ4v) is 3.02. The van der Waals surface area contributed by atoms with E-state index in [0.717, 1.165) is 12.8 Å². The van der Waals surface area contributed by atoms with Gasteiger partial charge in [-0.05, 0) is 44.9 Å². The lowest BCUT2D eigenvalue weighted by Crippen LogP contribution is -2.37. The fourth-order valence-electron chi connectivity index (χ4n) is 2.86. The molecule has 0 radical (unpaired) electrons. The van der Waals surface area contributed by atoms with Crippen molar-refractivity contribution in [3.05, 3.63) is 28.8 Å². The lowest BCUT2D eigenvalue weighted by Gasteiger charge is -2.23. The second kappa shape index (κ2) is 4.57. The number of amides is 1. The van der Waals surface area contributed by atoms with E-state index in [1.165, 1.54) is 4.90 Å². The van der Waals surface area contributed by atoms with E-state index >= 15 is 0 Å². The number of carbonyl (C=O) groups is 2. The molecule has 1 aromatic rings. The van der Waals surface area contributed by atoms with Gasteiger partial charge in [0.15, 0.2) is 0 Å². The van der Waals surface area contributed by atoms with Gasteiger partial charge in [0.05, 0.1) is 29.5 Å². The molecule has 1 amide bonds. The van der Waals surface area contributed by atoms with Gasteiger partial charge in [0.1, 0.15) is 0 Å². The number of hydrogen-bond donors (Lipinski definition) is 0. The van der Waals surface area contributed by atoms with Gasteiger partial charge in [-0.3, -0.25) is 9.59 Å². The summed E-state index contributed by atoms with van der Waals surface area (Å²) in [6.45, 7) is 4.48. The fraction of sp³-hybridized carbons (Fsp3) is 0.467. The van der Waals surface area contributed by atoms with Gasteiger partial charge in [-0.25, -0.2) is 0 Å². The monoisotopic (exact) mass is 293 g/mol. The molecule has 1 unspecified atom stereocenters. The first-order valence-electron chi connectivity index (χ1n) is 6.71. The summed E-state index contributed by atoms with van der Waals surface area (Å²) in [6.07, 6.45) is 1.81. The van der Waals surface area contributed by atoms with E-state index in [1.54, 1.807) is 18.2 Å². The number of halogens is 1. The van der Waals surface area contributed by atoms with Crippen molar-refractivity contribution in [2.45, 2.75) is 38.4 Å². The third-order valence-corrected chi connectivity index (χ3v) is 4.11. The van der Waals surface area contributed by atoms with Crippen LogP contribution in [0.1, 0.15) is 37.0 Å². The van der Waals surface area contributed by atoms with Crippen molar-refractivity contribution in [1.29, 1.82) is 0 Å². The van der Waals surface area contributed by atoms with Crippen molar-refractivity contribution >= 4 is 29.0 Å². The molecule has 1 fully saturated rings. The largest absolute Gasteiger partial charge is 0.370 e. The second-order valence-corrected chi connectivity index (χ2v) is 6.38. The van der Waals surface area contributed by atoms with Crippen LogP contribution in [0.2, 0.25) is 5.02 Å². The number of ketones is 1. The molecule has 2 aliphatic rings. The number of ether oxygens (including phenoxy) is 1. The third kappa shape index (κ3) is 2.23. The highest BCUT2D eigenvalue weighted by Gasteiger charge is 2.40. The maximum Gasteiger partial charge on any atom is 0.299 e. The number of rotatable bonds is 2. The summed E-state index contributed by atoms with van der Waals surface area (Å²) in [6, 6.07) is 4.90. The van der Waals surface area contributed by atoms with E-state index in [2.05, 4.69) is 0 Å². The minimum absolute atomic E-state index is 0.0355. The van der Waals surface area contributed by atoms with Gasteiger partial charge >= 0.3 is 0 Å². The van der Waals surface area contributed by atoms with Crippen LogP contribution in [0.4, 0.5) is 5.69 Å². The van der Waals surface area contributed by atoms with Gasteiger partial charge in [-0.15, -0.1) is 0 Å². The Hall–Kier alpha value is -1.39. The van der Waals surface area contributed by atoms with Crippen LogP contribution in [0.3, 0.4) is 0 Å². The summed E-state index contributed by atoms with van der Waals surface area (Å²) >= 11 is 5.97. The average molecular weight is 294 g/mol. The van der Waals surface area contributed by atoms with Crippen LogP contribution in [-0.4, -0.2) is 29.9 Å². The Kier molecular flexibility index (Phi) is 3.10. The van der Waals surface area contributed by atoms with Gasteiger partial charge in [0.2, 0.25) is 0 Å². The first-order valence-corrected chi connectivity index (χ1v) is 7.09. The smallest absolute Gasteiger partial charge is 0.299 e. The number of hydrogen-bond acceptors (Lipinski definition) is 3. The van der Waals surface area contributed by atoms with Gasteiger partial charge in [0, 0.05) is 5.02 Å². The third-order valence-electron chi connectivity index (χ3n) is 3.87. The second-order valence-electron chi connectivity index (χ2n) is 5.94. The zero-order valence-electron chi connectivity index (χ0n) is 11.5. The van der Waals surface area contributed by atoms with Crippen LogP contribution in [0.5, 0.6) is 0 Å². The van der Waals surface area contributed by atoms with Gasteiger partial charge < -0.3 is 9.64 Å². The van der Waals surface area contributed by atoms with Crippen molar-refractivity contribution < 1.29 is 14.3 Å².